The Morgan fingerprint density at radius 2 is 2.33 bits per heavy atom. The molecule has 1 aromatic rings. The first kappa shape index (κ1) is 7.67. The lowest BCUT2D eigenvalue weighted by Crippen LogP contribution is -2.13. The fraction of sp³-hybridized carbons (Fsp3) is 0.571. The van der Waals surface area contributed by atoms with Crippen LogP contribution < -0.4 is 5.73 Å². The highest BCUT2D eigenvalue weighted by Crippen LogP contribution is 2.41. The summed E-state index contributed by atoms with van der Waals surface area (Å²) in [6.45, 7) is 0. The van der Waals surface area contributed by atoms with Crippen LogP contribution in [0.15, 0.2) is 0 Å². The van der Waals surface area contributed by atoms with Gasteiger partial charge in [-0.2, -0.15) is 0 Å². The van der Waals surface area contributed by atoms with Crippen molar-refractivity contribution in [3.8, 4) is 0 Å². The van der Waals surface area contributed by atoms with Gasteiger partial charge < -0.3 is 5.73 Å². The predicted octanol–water partition coefficient (Wildman–Crippen LogP) is 0.443. The van der Waals surface area contributed by atoms with E-state index in [-0.39, 0.29) is 12.3 Å². The summed E-state index contributed by atoms with van der Waals surface area (Å²) in [6.07, 6.45) is 2.65. The quantitative estimate of drug-likeness (QED) is 0.739. The number of carbonyl (C=O) groups is 1. The zero-order chi connectivity index (χ0) is 8.55. The van der Waals surface area contributed by atoms with E-state index >= 15 is 0 Å². The molecule has 1 saturated carbocycles. The third kappa shape index (κ3) is 1.61. The topological polar surface area (TPSA) is 68.9 Å². The number of primary amides is 1. The first-order chi connectivity index (χ1) is 5.75. The molecule has 0 aromatic carbocycles. The van der Waals surface area contributed by atoms with Crippen LogP contribution in [0.3, 0.4) is 0 Å². The molecule has 1 aliphatic rings. The van der Waals surface area contributed by atoms with Gasteiger partial charge in [0.1, 0.15) is 10.0 Å². The van der Waals surface area contributed by atoms with Crippen molar-refractivity contribution in [1.29, 1.82) is 0 Å². The molecule has 12 heavy (non-hydrogen) atoms. The lowest BCUT2D eigenvalue weighted by atomic mass is 10.4. The third-order valence-electron chi connectivity index (χ3n) is 1.73. The minimum absolute atomic E-state index is 0.227. The summed E-state index contributed by atoms with van der Waals surface area (Å²) in [6, 6.07) is 0. The SMILES string of the molecule is NC(=O)Cc1nnc(C2CC2)s1. The standard InChI is InChI=1S/C7H9N3OS/c8-5(11)3-6-9-10-7(12-6)4-1-2-4/h4H,1-3H2,(H2,8,11). The van der Waals surface area contributed by atoms with E-state index in [1.165, 1.54) is 24.2 Å². The number of amides is 1. The van der Waals surface area contributed by atoms with Gasteiger partial charge in [-0.1, -0.05) is 0 Å². The summed E-state index contributed by atoms with van der Waals surface area (Å²) in [7, 11) is 0. The van der Waals surface area contributed by atoms with Gasteiger partial charge in [-0.15, -0.1) is 21.5 Å². The summed E-state index contributed by atoms with van der Waals surface area (Å²) < 4.78 is 0. The first-order valence-electron chi connectivity index (χ1n) is 3.86. The largest absolute Gasteiger partial charge is 0.369 e. The van der Waals surface area contributed by atoms with Gasteiger partial charge >= 0.3 is 0 Å². The Kier molecular flexibility index (Phi) is 1.80. The van der Waals surface area contributed by atoms with Crippen molar-refractivity contribution in [2.45, 2.75) is 25.2 Å². The van der Waals surface area contributed by atoms with Crippen LogP contribution in [-0.2, 0) is 11.2 Å². The second-order valence-corrected chi connectivity index (χ2v) is 4.05. The van der Waals surface area contributed by atoms with E-state index < -0.39 is 0 Å². The molecule has 2 N–H and O–H groups in total. The first-order valence-corrected chi connectivity index (χ1v) is 4.68. The lowest BCUT2D eigenvalue weighted by molar-refractivity contribution is -0.117. The summed E-state index contributed by atoms with van der Waals surface area (Å²) >= 11 is 1.51. The van der Waals surface area contributed by atoms with Gasteiger partial charge in [0.25, 0.3) is 0 Å². The summed E-state index contributed by atoms with van der Waals surface area (Å²) in [4.78, 5) is 10.5. The second kappa shape index (κ2) is 2.82. The molecule has 4 nitrogen and oxygen atoms in total. The van der Waals surface area contributed by atoms with Crippen molar-refractivity contribution in [3.63, 3.8) is 0 Å². The molecule has 0 atom stereocenters. The highest BCUT2D eigenvalue weighted by Gasteiger charge is 2.27. The van der Waals surface area contributed by atoms with Crippen LogP contribution in [0.25, 0.3) is 0 Å². The fourth-order valence-corrected chi connectivity index (χ4v) is 2.00. The van der Waals surface area contributed by atoms with E-state index in [1.54, 1.807) is 0 Å². The van der Waals surface area contributed by atoms with Crippen LogP contribution in [0, 0.1) is 0 Å². The van der Waals surface area contributed by atoms with Crippen LogP contribution in [0.5, 0.6) is 0 Å². The maximum absolute atomic E-state index is 10.5. The molecule has 0 aliphatic heterocycles. The zero-order valence-corrected chi connectivity index (χ0v) is 7.30. The van der Waals surface area contributed by atoms with E-state index in [4.69, 9.17) is 5.73 Å². The number of hydrogen-bond acceptors (Lipinski definition) is 4. The Hall–Kier alpha value is -0.970. The molecule has 64 valence electrons. The molecule has 0 bridgehead atoms. The van der Waals surface area contributed by atoms with Gasteiger partial charge in [-0.25, -0.2) is 0 Å². The Balaban J connectivity index is 2.07. The van der Waals surface area contributed by atoms with E-state index in [1.807, 2.05) is 0 Å². The van der Waals surface area contributed by atoms with Crippen LogP contribution in [0.1, 0.15) is 28.8 Å². The molecule has 0 spiro atoms. The highest BCUT2D eigenvalue weighted by molar-refractivity contribution is 7.11. The normalized spacial score (nSPS) is 16.3. The number of nitrogens with zero attached hydrogens (tertiary/aromatic N) is 2. The molecule has 1 fully saturated rings. The average molecular weight is 183 g/mol. The van der Waals surface area contributed by atoms with Crippen molar-refractivity contribution >= 4 is 17.2 Å². The van der Waals surface area contributed by atoms with E-state index in [2.05, 4.69) is 10.2 Å². The number of hydrogen-bond donors (Lipinski definition) is 1. The van der Waals surface area contributed by atoms with E-state index in [9.17, 15) is 4.79 Å². The van der Waals surface area contributed by atoms with Crippen LogP contribution in [0.4, 0.5) is 0 Å². The number of aromatic nitrogens is 2. The van der Waals surface area contributed by atoms with Crippen LogP contribution in [-0.4, -0.2) is 16.1 Å². The molecule has 5 heteroatoms. The number of nitrogens with two attached hydrogens (primary N) is 1. The Morgan fingerprint density at radius 3 is 2.92 bits per heavy atom. The van der Waals surface area contributed by atoms with E-state index in [0.29, 0.717) is 5.92 Å². The van der Waals surface area contributed by atoms with Crippen molar-refractivity contribution in [2.24, 2.45) is 5.73 Å². The molecule has 1 amide bonds. The van der Waals surface area contributed by atoms with Gasteiger partial charge in [0.2, 0.25) is 5.91 Å². The smallest absolute Gasteiger partial charge is 0.224 e. The van der Waals surface area contributed by atoms with Gasteiger partial charge in [-0.05, 0) is 12.8 Å². The minimum atomic E-state index is -0.339. The molecule has 2 rings (SSSR count). The average Bonchev–Trinajstić information content (AvgIpc) is 2.73. The molecule has 0 saturated heterocycles. The Bertz CT molecular complexity index is 305. The molecule has 1 aliphatic carbocycles. The summed E-state index contributed by atoms with van der Waals surface area (Å²) in [5.74, 6) is 0.276. The number of rotatable bonds is 3. The number of carbonyl (C=O) groups excluding carboxylic acids is 1. The zero-order valence-electron chi connectivity index (χ0n) is 6.49. The maximum atomic E-state index is 10.5. The van der Waals surface area contributed by atoms with Crippen LogP contribution in [0.2, 0.25) is 0 Å². The predicted molar refractivity (Wildman–Crippen MR) is 44.8 cm³/mol. The van der Waals surface area contributed by atoms with Gasteiger partial charge in [0.05, 0.1) is 6.42 Å². The van der Waals surface area contributed by atoms with Gasteiger partial charge in [0.15, 0.2) is 0 Å². The van der Waals surface area contributed by atoms with E-state index in [0.717, 1.165) is 10.0 Å². The maximum Gasteiger partial charge on any atom is 0.224 e. The molecule has 0 unspecified atom stereocenters. The molecular formula is C7H9N3OS. The molecular weight excluding hydrogens is 174 g/mol. The molecule has 1 aromatic heterocycles. The fourth-order valence-electron chi connectivity index (χ4n) is 0.982. The lowest BCUT2D eigenvalue weighted by Gasteiger charge is -1.85. The Labute approximate surface area is 73.8 Å². The highest BCUT2D eigenvalue weighted by atomic mass is 32.1. The van der Waals surface area contributed by atoms with Crippen molar-refractivity contribution in [1.82, 2.24) is 10.2 Å². The molecule has 1 heterocycles. The van der Waals surface area contributed by atoms with Gasteiger partial charge in [-0.3, -0.25) is 4.79 Å². The third-order valence-corrected chi connectivity index (χ3v) is 2.82. The monoisotopic (exact) mass is 183 g/mol. The second-order valence-electron chi connectivity index (χ2n) is 2.95. The van der Waals surface area contributed by atoms with Crippen LogP contribution >= 0.6 is 11.3 Å². The van der Waals surface area contributed by atoms with Gasteiger partial charge in [0, 0.05) is 5.92 Å². The Morgan fingerprint density at radius 1 is 1.58 bits per heavy atom. The van der Waals surface area contributed by atoms with Crippen molar-refractivity contribution in [3.05, 3.63) is 10.0 Å². The van der Waals surface area contributed by atoms with Crippen molar-refractivity contribution in [2.75, 3.05) is 0 Å². The minimum Gasteiger partial charge on any atom is -0.369 e. The summed E-state index contributed by atoms with van der Waals surface area (Å²) in [5, 5.41) is 9.68. The van der Waals surface area contributed by atoms with Crippen molar-refractivity contribution < 1.29 is 4.79 Å². The molecule has 0 radical (unpaired) electrons. The summed E-state index contributed by atoms with van der Waals surface area (Å²) in [5.41, 5.74) is 5.03.